The number of aromatic nitrogens is 4. The molecule has 3 rings (SSSR count). The van der Waals surface area contributed by atoms with Gasteiger partial charge in [-0.2, -0.15) is 21.3 Å². The molecule has 3 aromatic heterocycles. The third-order valence-electron chi connectivity index (χ3n) is 4.50. The molecule has 0 aliphatic rings. The van der Waals surface area contributed by atoms with Crippen molar-refractivity contribution in [3.8, 4) is 5.69 Å². The van der Waals surface area contributed by atoms with E-state index in [1.54, 1.807) is 11.3 Å². The number of nitrogens with one attached hydrogen (secondary N) is 2. The zero-order chi connectivity index (χ0) is 19.4. The number of fused-ring (bicyclic) bond motifs is 1. The maximum absolute atomic E-state index is 4.67. The fourth-order valence-electron chi connectivity index (χ4n) is 3.26. The average Bonchev–Trinajstić information content (AvgIpc) is 3.27. The molecule has 0 unspecified atom stereocenters. The van der Waals surface area contributed by atoms with E-state index in [9.17, 15) is 0 Å². The van der Waals surface area contributed by atoms with Gasteiger partial charge in [0, 0.05) is 37.1 Å². The summed E-state index contributed by atoms with van der Waals surface area (Å²) in [6, 6.07) is 3.08. The highest BCUT2D eigenvalue weighted by Gasteiger charge is 2.16. The quantitative estimate of drug-likeness (QED) is 0.581. The zero-order valence-electron chi connectivity index (χ0n) is 16.7. The van der Waals surface area contributed by atoms with Crippen LogP contribution in [0.2, 0.25) is 0 Å². The van der Waals surface area contributed by atoms with Crippen molar-refractivity contribution in [3.05, 3.63) is 23.2 Å². The summed E-state index contributed by atoms with van der Waals surface area (Å²) in [6.07, 6.45) is 1.82. The Kier molecular flexibility index (Phi) is 6.28. The molecule has 0 bridgehead atoms. The van der Waals surface area contributed by atoms with Crippen LogP contribution in [-0.2, 0) is 0 Å². The van der Waals surface area contributed by atoms with Crippen molar-refractivity contribution in [1.82, 2.24) is 24.4 Å². The number of imidazole rings is 1. The van der Waals surface area contributed by atoms with Crippen molar-refractivity contribution in [2.75, 3.05) is 30.3 Å². The molecule has 0 amide bonds. The molecule has 0 fully saturated rings. The van der Waals surface area contributed by atoms with E-state index in [0.29, 0.717) is 18.0 Å². The topological polar surface area (TPSA) is 70.9 Å². The highest BCUT2D eigenvalue weighted by molar-refractivity contribution is 7.08. The van der Waals surface area contributed by atoms with Gasteiger partial charge in [0.1, 0.15) is 6.33 Å². The summed E-state index contributed by atoms with van der Waals surface area (Å²) in [4.78, 5) is 16.4. The molecule has 0 saturated carbocycles. The molecule has 8 heteroatoms. The number of hydrogen-bond donors (Lipinski definition) is 2. The van der Waals surface area contributed by atoms with Gasteiger partial charge in [0.15, 0.2) is 17.0 Å². The molecule has 2 N–H and O–H groups in total. The Hall–Kier alpha value is -2.19. The van der Waals surface area contributed by atoms with Gasteiger partial charge in [-0.15, -0.1) is 0 Å². The Bertz CT molecular complexity index is 846. The average molecular weight is 388 g/mol. The number of anilines is 2. The standard InChI is InChI=1S/C19H29N7S/c1-6-20-19-23-17(21-8-9-25(13(2)3)14(4)5)16-18(24-19)26(12-22-16)15-7-10-27-11-15/h7,10-14H,6,8-9H2,1-5H3,(H2,20,21,23,24). The van der Waals surface area contributed by atoms with Crippen LogP contribution in [0.25, 0.3) is 16.9 Å². The van der Waals surface area contributed by atoms with Gasteiger partial charge in [0.05, 0.1) is 5.69 Å². The molecule has 0 saturated heterocycles. The minimum absolute atomic E-state index is 0.507. The molecule has 0 aliphatic heterocycles. The predicted octanol–water partition coefficient (Wildman–Crippen LogP) is 3.84. The maximum Gasteiger partial charge on any atom is 0.226 e. The van der Waals surface area contributed by atoms with E-state index in [-0.39, 0.29) is 0 Å². The number of thiophene rings is 1. The molecule has 3 aromatic rings. The summed E-state index contributed by atoms with van der Waals surface area (Å²) in [5.74, 6) is 1.39. The van der Waals surface area contributed by atoms with Gasteiger partial charge in [0.2, 0.25) is 5.95 Å². The predicted molar refractivity (Wildman–Crippen MR) is 114 cm³/mol. The molecular weight excluding hydrogens is 358 g/mol. The van der Waals surface area contributed by atoms with Crippen LogP contribution in [0.5, 0.6) is 0 Å². The van der Waals surface area contributed by atoms with Gasteiger partial charge in [-0.05, 0) is 46.1 Å². The van der Waals surface area contributed by atoms with Crippen LogP contribution in [0.1, 0.15) is 34.6 Å². The lowest BCUT2D eigenvalue weighted by Gasteiger charge is -2.30. The summed E-state index contributed by atoms with van der Waals surface area (Å²) in [7, 11) is 0. The molecule has 146 valence electrons. The Morgan fingerprint density at radius 1 is 1.15 bits per heavy atom. The van der Waals surface area contributed by atoms with E-state index in [1.807, 2.05) is 17.8 Å². The second-order valence-corrected chi connectivity index (χ2v) is 7.83. The highest BCUT2D eigenvalue weighted by Crippen LogP contribution is 2.24. The van der Waals surface area contributed by atoms with Crippen LogP contribution in [0, 0.1) is 0 Å². The Balaban J connectivity index is 1.88. The van der Waals surface area contributed by atoms with Crippen LogP contribution in [0.4, 0.5) is 11.8 Å². The van der Waals surface area contributed by atoms with E-state index >= 15 is 0 Å². The molecule has 0 spiro atoms. The monoisotopic (exact) mass is 387 g/mol. The van der Waals surface area contributed by atoms with Gasteiger partial charge >= 0.3 is 0 Å². The third kappa shape index (κ3) is 4.39. The first kappa shape index (κ1) is 19.6. The van der Waals surface area contributed by atoms with Gasteiger partial charge < -0.3 is 10.6 Å². The number of hydrogen-bond acceptors (Lipinski definition) is 7. The summed E-state index contributed by atoms with van der Waals surface area (Å²) in [6.45, 7) is 13.5. The van der Waals surface area contributed by atoms with Crippen LogP contribution in [0.15, 0.2) is 23.2 Å². The van der Waals surface area contributed by atoms with Gasteiger partial charge in [-0.3, -0.25) is 9.47 Å². The Morgan fingerprint density at radius 3 is 2.56 bits per heavy atom. The van der Waals surface area contributed by atoms with Gasteiger partial charge in [0.25, 0.3) is 0 Å². The first-order valence-electron chi connectivity index (χ1n) is 9.52. The van der Waals surface area contributed by atoms with Crippen molar-refractivity contribution in [2.45, 2.75) is 46.7 Å². The van der Waals surface area contributed by atoms with E-state index in [1.165, 1.54) is 0 Å². The Labute approximate surface area is 164 Å². The van der Waals surface area contributed by atoms with Crippen LogP contribution >= 0.6 is 11.3 Å². The molecule has 7 nitrogen and oxygen atoms in total. The second kappa shape index (κ2) is 8.67. The summed E-state index contributed by atoms with van der Waals surface area (Å²) < 4.78 is 2.01. The van der Waals surface area contributed by atoms with Crippen molar-refractivity contribution in [1.29, 1.82) is 0 Å². The number of nitrogens with zero attached hydrogens (tertiary/aromatic N) is 5. The molecule has 3 heterocycles. The van der Waals surface area contributed by atoms with Gasteiger partial charge in [-0.1, -0.05) is 0 Å². The van der Waals surface area contributed by atoms with Gasteiger partial charge in [-0.25, -0.2) is 4.98 Å². The normalized spacial score (nSPS) is 11.9. The van der Waals surface area contributed by atoms with E-state index in [0.717, 1.165) is 42.3 Å². The van der Waals surface area contributed by atoms with Crippen molar-refractivity contribution in [3.63, 3.8) is 0 Å². The fourth-order valence-corrected chi connectivity index (χ4v) is 3.89. The van der Waals surface area contributed by atoms with Crippen molar-refractivity contribution < 1.29 is 0 Å². The summed E-state index contributed by atoms with van der Waals surface area (Å²) in [5.41, 5.74) is 2.68. The minimum atomic E-state index is 0.507. The number of rotatable bonds is 9. The SMILES string of the molecule is CCNc1nc(NCCN(C(C)C)C(C)C)c2ncn(-c3ccsc3)c2n1. The van der Waals surface area contributed by atoms with Crippen LogP contribution < -0.4 is 10.6 Å². The van der Waals surface area contributed by atoms with Crippen molar-refractivity contribution in [2.24, 2.45) is 0 Å². The summed E-state index contributed by atoms with van der Waals surface area (Å²) >= 11 is 1.66. The molecule has 0 aromatic carbocycles. The fraction of sp³-hybridized carbons (Fsp3) is 0.526. The zero-order valence-corrected chi connectivity index (χ0v) is 17.5. The third-order valence-corrected chi connectivity index (χ3v) is 5.18. The largest absolute Gasteiger partial charge is 0.367 e. The minimum Gasteiger partial charge on any atom is -0.367 e. The lowest BCUT2D eigenvalue weighted by atomic mass is 10.2. The highest BCUT2D eigenvalue weighted by atomic mass is 32.1. The lowest BCUT2D eigenvalue weighted by Crippen LogP contribution is -2.40. The Morgan fingerprint density at radius 2 is 1.93 bits per heavy atom. The van der Waals surface area contributed by atoms with Crippen LogP contribution in [0.3, 0.4) is 0 Å². The van der Waals surface area contributed by atoms with E-state index in [4.69, 9.17) is 0 Å². The molecule has 0 radical (unpaired) electrons. The maximum atomic E-state index is 4.67. The van der Waals surface area contributed by atoms with E-state index in [2.05, 4.69) is 75.0 Å². The second-order valence-electron chi connectivity index (χ2n) is 7.05. The molecule has 0 aliphatic carbocycles. The molecule has 0 atom stereocenters. The van der Waals surface area contributed by atoms with Crippen molar-refractivity contribution >= 4 is 34.3 Å². The smallest absolute Gasteiger partial charge is 0.226 e. The molecule has 27 heavy (non-hydrogen) atoms. The van der Waals surface area contributed by atoms with E-state index < -0.39 is 0 Å². The lowest BCUT2D eigenvalue weighted by molar-refractivity contribution is 0.182. The summed E-state index contributed by atoms with van der Waals surface area (Å²) in [5, 5.41) is 10.9. The first-order chi connectivity index (χ1) is 13.0. The first-order valence-corrected chi connectivity index (χ1v) is 10.5. The molecular formula is C19H29N7S. The van der Waals surface area contributed by atoms with Crippen LogP contribution in [-0.4, -0.2) is 56.1 Å².